The highest BCUT2D eigenvalue weighted by Gasteiger charge is 2.17. The van der Waals surface area contributed by atoms with Crippen molar-refractivity contribution < 1.29 is 0 Å². The summed E-state index contributed by atoms with van der Waals surface area (Å²) in [6, 6.07) is 5.79. The lowest BCUT2D eigenvalue weighted by Crippen LogP contribution is -2.09. The van der Waals surface area contributed by atoms with Gasteiger partial charge in [-0.25, -0.2) is 9.97 Å². The number of benzene rings is 1. The van der Waals surface area contributed by atoms with E-state index in [2.05, 4.69) is 30.3 Å². The summed E-state index contributed by atoms with van der Waals surface area (Å²) < 4.78 is 2.32. The molecular formula is C18H23ClN4. The number of hydrogen-bond acceptors (Lipinski definition) is 3. The largest absolute Gasteiger partial charge is 0.382 e. The monoisotopic (exact) mass is 330 g/mol. The van der Waals surface area contributed by atoms with Gasteiger partial charge in [0.05, 0.1) is 11.0 Å². The summed E-state index contributed by atoms with van der Waals surface area (Å²) >= 11 is 6.12. The third kappa shape index (κ3) is 3.00. The molecule has 0 spiro atoms. The maximum Gasteiger partial charge on any atom is 0.152 e. The highest BCUT2D eigenvalue weighted by Crippen LogP contribution is 2.31. The molecule has 1 aromatic carbocycles. The molecule has 5 heteroatoms. The third-order valence-corrected chi connectivity index (χ3v) is 4.28. The summed E-state index contributed by atoms with van der Waals surface area (Å²) in [4.78, 5) is 9.31. The molecule has 4 nitrogen and oxygen atoms in total. The fourth-order valence-corrected chi connectivity index (χ4v) is 3.18. The van der Waals surface area contributed by atoms with Gasteiger partial charge in [-0.15, -0.1) is 0 Å². The lowest BCUT2D eigenvalue weighted by Gasteiger charge is -2.13. The number of halogens is 1. The van der Waals surface area contributed by atoms with E-state index in [1.165, 1.54) is 0 Å². The van der Waals surface area contributed by atoms with Gasteiger partial charge in [-0.2, -0.15) is 0 Å². The molecule has 0 atom stereocenters. The molecule has 2 N–H and O–H groups in total. The smallest absolute Gasteiger partial charge is 0.152 e. The zero-order chi connectivity index (χ0) is 16.6. The quantitative estimate of drug-likeness (QED) is 0.729. The number of aryl methyl sites for hydroxylation is 1. The minimum atomic E-state index is 0.482. The van der Waals surface area contributed by atoms with Gasteiger partial charge >= 0.3 is 0 Å². The minimum absolute atomic E-state index is 0.482. The van der Waals surface area contributed by atoms with Crippen molar-refractivity contribution in [2.45, 2.75) is 46.6 Å². The van der Waals surface area contributed by atoms with Crippen molar-refractivity contribution in [3.8, 4) is 0 Å². The second kappa shape index (κ2) is 6.36. The van der Waals surface area contributed by atoms with E-state index < -0.39 is 0 Å². The van der Waals surface area contributed by atoms with Gasteiger partial charge in [0.15, 0.2) is 5.82 Å². The molecule has 0 saturated carbocycles. The van der Waals surface area contributed by atoms with Crippen molar-refractivity contribution >= 4 is 39.4 Å². The Morgan fingerprint density at radius 3 is 2.74 bits per heavy atom. The van der Waals surface area contributed by atoms with Crippen LogP contribution in [0.4, 0.5) is 5.82 Å². The standard InChI is InChI=1S/C18H23ClN4/c1-4-5-6-15-22-16-17(23(15)10-11(2)3)13-8-7-12(19)9-14(13)21-18(16)20/h7-9,11H,4-6,10H2,1-3H3,(H2,20,21). The lowest BCUT2D eigenvalue weighted by molar-refractivity contribution is 0.513. The van der Waals surface area contributed by atoms with E-state index in [-0.39, 0.29) is 0 Å². The van der Waals surface area contributed by atoms with Gasteiger partial charge in [0, 0.05) is 23.4 Å². The van der Waals surface area contributed by atoms with Crippen molar-refractivity contribution in [1.29, 1.82) is 0 Å². The molecule has 0 bridgehead atoms. The number of nitrogens with zero attached hydrogens (tertiary/aromatic N) is 3. The number of fused-ring (bicyclic) bond motifs is 3. The van der Waals surface area contributed by atoms with E-state index in [9.17, 15) is 0 Å². The van der Waals surface area contributed by atoms with Crippen molar-refractivity contribution in [3.63, 3.8) is 0 Å². The molecule has 0 amide bonds. The number of pyridine rings is 1. The van der Waals surface area contributed by atoms with E-state index in [1.54, 1.807) is 0 Å². The van der Waals surface area contributed by atoms with E-state index in [1.807, 2.05) is 18.2 Å². The fraction of sp³-hybridized carbons (Fsp3) is 0.444. The Balaban J connectivity index is 2.33. The molecule has 23 heavy (non-hydrogen) atoms. The second-order valence-electron chi connectivity index (χ2n) is 6.49. The van der Waals surface area contributed by atoms with Gasteiger partial charge in [0.25, 0.3) is 0 Å². The van der Waals surface area contributed by atoms with E-state index in [0.29, 0.717) is 16.8 Å². The van der Waals surface area contributed by atoms with Gasteiger partial charge in [-0.05, 0) is 30.5 Å². The Hall–Kier alpha value is -1.81. The minimum Gasteiger partial charge on any atom is -0.382 e. The molecule has 0 radical (unpaired) electrons. The van der Waals surface area contributed by atoms with E-state index in [4.69, 9.17) is 22.3 Å². The fourth-order valence-electron chi connectivity index (χ4n) is 3.02. The van der Waals surface area contributed by atoms with E-state index >= 15 is 0 Å². The number of hydrogen-bond donors (Lipinski definition) is 1. The molecule has 0 aliphatic carbocycles. The van der Waals surface area contributed by atoms with E-state index in [0.717, 1.165) is 53.6 Å². The van der Waals surface area contributed by atoms with Crippen LogP contribution in [0.2, 0.25) is 5.02 Å². The number of nitrogens with two attached hydrogens (primary N) is 1. The summed E-state index contributed by atoms with van der Waals surface area (Å²) in [6.07, 6.45) is 3.24. The highest BCUT2D eigenvalue weighted by molar-refractivity contribution is 6.31. The number of imidazole rings is 1. The van der Waals surface area contributed by atoms with Crippen molar-refractivity contribution in [2.75, 3.05) is 5.73 Å². The molecule has 2 aromatic heterocycles. The first-order chi connectivity index (χ1) is 11.0. The first-order valence-corrected chi connectivity index (χ1v) is 8.63. The van der Waals surface area contributed by atoms with Crippen LogP contribution in [0.15, 0.2) is 18.2 Å². The number of unbranched alkanes of at least 4 members (excludes halogenated alkanes) is 1. The first-order valence-electron chi connectivity index (χ1n) is 8.25. The summed E-state index contributed by atoms with van der Waals surface area (Å²) in [6.45, 7) is 7.57. The molecule has 3 rings (SSSR count). The Kier molecular flexibility index (Phi) is 4.44. The van der Waals surface area contributed by atoms with Gasteiger partial charge in [-0.3, -0.25) is 0 Å². The third-order valence-electron chi connectivity index (χ3n) is 4.05. The number of rotatable bonds is 5. The summed E-state index contributed by atoms with van der Waals surface area (Å²) in [5.41, 5.74) is 8.91. The van der Waals surface area contributed by atoms with Crippen LogP contribution in [0.25, 0.3) is 21.9 Å². The van der Waals surface area contributed by atoms with Crippen LogP contribution >= 0.6 is 11.6 Å². The maximum absolute atomic E-state index is 6.18. The van der Waals surface area contributed by atoms with Crippen molar-refractivity contribution in [1.82, 2.24) is 14.5 Å². The van der Waals surface area contributed by atoms with Crippen LogP contribution in [0.3, 0.4) is 0 Å². The maximum atomic E-state index is 6.18. The zero-order valence-corrected chi connectivity index (χ0v) is 14.7. The van der Waals surface area contributed by atoms with Crippen molar-refractivity contribution in [3.05, 3.63) is 29.0 Å². The van der Waals surface area contributed by atoms with Gasteiger partial charge in [0.2, 0.25) is 0 Å². The first kappa shape index (κ1) is 16.1. The lowest BCUT2D eigenvalue weighted by atomic mass is 10.1. The number of nitrogen functional groups attached to an aromatic ring is 1. The molecule has 0 aliphatic heterocycles. The molecule has 0 fully saturated rings. The Labute approximate surface area is 141 Å². The van der Waals surface area contributed by atoms with Gasteiger partial charge < -0.3 is 10.3 Å². The molecule has 0 aliphatic rings. The second-order valence-corrected chi connectivity index (χ2v) is 6.93. The topological polar surface area (TPSA) is 56.7 Å². The van der Waals surface area contributed by atoms with Crippen LogP contribution in [-0.4, -0.2) is 14.5 Å². The average molecular weight is 331 g/mol. The van der Waals surface area contributed by atoms with Gasteiger partial charge in [-0.1, -0.05) is 38.8 Å². The zero-order valence-electron chi connectivity index (χ0n) is 13.9. The van der Waals surface area contributed by atoms with Crippen LogP contribution < -0.4 is 5.73 Å². The summed E-state index contributed by atoms with van der Waals surface area (Å²) in [5.74, 6) is 2.12. The Morgan fingerprint density at radius 2 is 2.04 bits per heavy atom. The molecule has 0 unspecified atom stereocenters. The van der Waals surface area contributed by atoms with Crippen molar-refractivity contribution in [2.24, 2.45) is 5.92 Å². The molecule has 2 heterocycles. The van der Waals surface area contributed by atoms with Gasteiger partial charge in [0.1, 0.15) is 11.3 Å². The predicted octanol–water partition coefficient (Wildman–Crippen LogP) is 4.82. The molecule has 122 valence electrons. The summed E-state index contributed by atoms with van der Waals surface area (Å²) in [7, 11) is 0. The molecule has 3 aromatic rings. The number of aromatic nitrogens is 3. The SMILES string of the molecule is CCCCc1nc2c(N)nc3cc(Cl)ccc3c2n1CC(C)C. The predicted molar refractivity (Wildman–Crippen MR) is 97.9 cm³/mol. The molecular weight excluding hydrogens is 308 g/mol. The highest BCUT2D eigenvalue weighted by atomic mass is 35.5. The Morgan fingerprint density at radius 1 is 1.26 bits per heavy atom. The van der Waals surface area contributed by atoms with Crippen LogP contribution in [0, 0.1) is 5.92 Å². The van der Waals surface area contributed by atoms with Crippen LogP contribution in [-0.2, 0) is 13.0 Å². The Bertz CT molecular complexity index is 851. The van der Waals surface area contributed by atoms with Crippen LogP contribution in [0.1, 0.15) is 39.4 Å². The average Bonchev–Trinajstić information content (AvgIpc) is 2.84. The van der Waals surface area contributed by atoms with Crippen LogP contribution in [0.5, 0.6) is 0 Å². The number of anilines is 1. The summed E-state index contributed by atoms with van der Waals surface area (Å²) in [5, 5.41) is 1.74. The normalized spacial score (nSPS) is 11.9. The molecule has 0 saturated heterocycles.